The van der Waals surface area contributed by atoms with Gasteiger partial charge in [-0.15, -0.1) is 0 Å². The third-order valence-corrected chi connectivity index (χ3v) is 14.9. The van der Waals surface area contributed by atoms with Gasteiger partial charge in [0.1, 0.15) is 0 Å². The normalized spacial score (nSPS) is 12.5. The van der Waals surface area contributed by atoms with Crippen molar-refractivity contribution in [2.24, 2.45) is 0 Å². The van der Waals surface area contributed by atoms with Crippen LogP contribution in [0.3, 0.4) is 0 Å². The maximum Gasteiger partial charge on any atom is 0.295 e. The molecular weight excluding hydrogens is 725 g/mol. The van der Waals surface area contributed by atoms with E-state index in [4.69, 9.17) is 4.43 Å². The SMILES string of the molecule is CCCCCCCCCCCC[N+](C)(CCCCCCCCCCCC)C(C)O[Si](c1ccccc1)(c1ccccc1)c1ccccc1.[I-]. The molecule has 1 unspecified atom stereocenters. The van der Waals surface area contributed by atoms with Crippen LogP contribution in [-0.4, -0.2) is 39.2 Å². The van der Waals surface area contributed by atoms with Gasteiger partial charge in [-0.1, -0.05) is 208 Å². The molecule has 0 amide bonds. The highest BCUT2D eigenvalue weighted by Crippen LogP contribution is 2.23. The first-order valence-corrected chi connectivity index (χ1v) is 22.2. The van der Waals surface area contributed by atoms with Gasteiger partial charge in [-0.25, -0.2) is 0 Å². The van der Waals surface area contributed by atoms with E-state index in [-0.39, 0.29) is 30.2 Å². The topological polar surface area (TPSA) is 9.23 Å². The molecule has 0 heterocycles. The molecule has 0 bridgehead atoms. The third kappa shape index (κ3) is 15.3. The van der Waals surface area contributed by atoms with Crippen LogP contribution in [0.4, 0.5) is 0 Å². The van der Waals surface area contributed by atoms with E-state index in [0.717, 1.165) is 4.48 Å². The smallest absolute Gasteiger partial charge is 0.295 e. The molecule has 3 rings (SSSR count). The van der Waals surface area contributed by atoms with Crippen molar-refractivity contribution in [2.45, 2.75) is 155 Å². The van der Waals surface area contributed by atoms with Crippen LogP contribution < -0.4 is 39.5 Å². The number of quaternary nitrogens is 1. The van der Waals surface area contributed by atoms with Crippen molar-refractivity contribution < 1.29 is 32.9 Å². The van der Waals surface area contributed by atoms with Crippen LogP contribution in [0.1, 0.15) is 149 Å². The lowest BCUT2D eigenvalue weighted by atomic mass is 10.1. The van der Waals surface area contributed by atoms with Crippen molar-refractivity contribution in [3.63, 3.8) is 0 Å². The molecule has 0 aliphatic rings. The van der Waals surface area contributed by atoms with Crippen LogP contribution >= 0.6 is 0 Å². The number of halogens is 1. The molecule has 1 atom stereocenters. The van der Waals surface area contributed by atoms with Gasteiger partial charge in [-0.05, 0) is 41.2 Å². The Morgan fingerprint density at radius 1 is 0.449 bits per heavy atom. The first-order chi connectivity index (χ1) is 23.6. The van der Waals surface area contributed by atoms with Crippen LogP contribution in [0.5, 0.6) is 0 Å². The number of benzene rings is 3. The van der Waals surface area contributed by atoms with Crippen LogP contribution in [0, 0.1) is 0 Å². The first kappa shape index (κ1) is 43.7. The maximum atomic E-state index is 7.76. The maximum absolute atomic E-state index is 7.76. The molecule has 0 fully saturated rings. The lowest BCUT2D eigenvalue weighted by Gasteiger charge is -2.45. The van der Waals surface area contributed by atoms with E-state index in [0.29, 0.717) is 0 Å². The number of hydrogen-bond acceptors (Lipinski definition) is 1. The summed E-state index contributed by atoms with van der Waals surface area (Å²) in [5.41, 5.74) is 0. The van der Waals surface area contributed by atoms with Crippen molar-refractivity contribution in [3.8, 4) is 0 Å². The van der Waals surface area contributed by atoms with Crippen molar-refractivity contribution in [1.82, 2.24) is 0 Å². The van der Waals surface area contributed by atoms with Gasteiger partial charge in [0.2, 0.25) is 0 Å². The third-order valence-electron chi connectivity index (χ3n) is 10.8. The summed E-state index contributed by atoms with van der Waals surface area (Å²) in [6.45, 7) is 9.39. The fourth-order valence-electron chi connectivity index (χ4n) is 7.50. The predicted octanol–water partition coefficient (Wildman–Crippen LogP) is 8.31. The van der Waals surface area contributed by atoms with Gasteiger partial charge in [-0.3, -0.25) is 0 Å². The Morgan fingerprint density at radius 3 is 1.00 bits per heavy atom. The second-order valence-corrected chi connectivity index (χ2v) is 18.1. The highest BCUT2D eigenvalue weighted by molar-refractivity contribution is 7.07. The van der Waals surface area contributed by atoms with Crippen molar-refractivity contribution in [1.29, 1.82) is 0 Å². The molecule has 0 aromatic heterocycles. The Hall–Kier alpha value is -1.47. The van der Waals surface area contributed by atoms with Crippen LogP contribution in [0.2, 0.25) is 0 Å². The van der Waals surface area contributed by atoms with Gasteiger partial charge in [0.25, 0.3) is 8.32 Å². The van der Waals surface area contributed by atoms with Crippen molar-refractivity contribution in [2.75, 3.05) is 20.1 Å². The van der Waals surface area contributed by atoms with Crippen LogP contribution in [0.25, 0.3) is 0 Å². The molecule has 0 aliphatic carbocycles. The monoisotopic (exact) mass is 797 g/mol. The molecule has 0 saturated heterocycles. The van der Waals surface area contributed by atoms with Gasteiger partial charge in [0, 0.05) is 6.92 Å². The minimum absolute atomic E-state index is 0. The molecule has 0 aliphatic heterocycles. The summed E-state index contributed by atoms with van der Waals surface area (Å²) in [7, 11) is -0.265. The molecular formula is C45H72INOSi. The molecule has 0 spiro atoms. The Balaban J connectivity index is 0.00000833. The molecule has 4 heteroatoms. The number of nitrogens with zero attached hydrogens (tertiary/aromatic N) is 1. The van der Waals surface area contributed by atoms with Crippen molar-refractivity contribution in [3.05, 3.63) is 91.0 Å². The minimum Gasteiger partial charge on any atom is -1.00 e. The lowest BCUT2D eigenvalue weighted by molar-refractivity contribution is -0.950. The fourth-order valence-corrected chi connectivity index (χ4v) is 11.7. The quantitative estimate of drug-likeness (QED) is 0.0180. The number of hydrogen-bond donors (Lipinski definition) is 0. The summed E-state index contributed by atoms with van der Waals surface area (Å²) < 4.78 is 8.75. The highest BCUT2D eigenvalue weighted by atomic mass is 127. The van der Waals surface area contributed by atoms with Gasteiger partial charge in [0.15, 0.2) is 6.23 Å². The zero-order chi connectivity index (χ0) is 34.2. The summed E-state index contributed by atoms with van der Waals surface area (Å²) in [5.74, 6) is 0. The Kier molecular flexibility index (Phi) is 23.5. The summed E-state index contributed by atoms with van der Waals surface area (Å²) >= 11 is 0. The summed E-state index contributed by atoms with van der Waals surface area (Å²) in [6.07, 6.45) is 27.7. The molecule has 2 nitrogen and oxygen atoms in total. The average molecular weight is 798 g/mol. The standard InChI is InChI=1S/C45H72NOSi.HI/c1-5-7-9-11-13-15-17-19-21-32-40-46(4,41-33-22-20-18-16-14-12-10-8-6-2)42(3)47-48(43-34-26-23-27-35-43,44-36-28-24-29-37-44)45-38-30-25-31-39-45;/h23-31,34-39,42H,5-22,32-33,40-41H2,1-4H3;1H/q+1;/p-1. The van der Waals surface area contributed by atoms with Gasteiger partial charge >= 0.3 is 0 Å². The zero-order valence-electron chi connectivity index (χ0n) is 32.0. The Morgan fingerprint density at radius 2 is 0.714 bits per heavy atom. The largest absolute Gasteiger partial charge is 1.00 e. The molecule has 3 aromatic rings. The number of rotatable bonds is 28. The van der Waals surface area contributed by atoms with E-state index in [1.807, 2.05) is 0 Å². The molecule has 0 saturated carbocycles. The van der Waals surface area contributed by atoms with Gasteiger partial charge < -0.3 is 32.9 Å². The zero-order valence-corrected chi connectivity index (χ0v) is 35.2. The highest BCUT2D eigenvalue weighted by Gasteiger charge is 2.46. The second kappa shape index (κ2) is 26.3. The van der Waals surface area contributed by atoms with E-state index < -0.39 is 8.32 Å². The minimum atomic E-state index is -2.77. The molecule has 274 valence electrons. The van der Waals surface area contributed by atoms with Crippen LogP contribution in [-0.2, 0) is 4.43 Å². The molecule has 3 aromatic carbocycles. The Bertz CT molecular complexity index is 1050. The lowest BCUT2D eigenvalue weighted by Crippen LogP contribution is -3.00. The first-order valence-electron chi connectivity index (χ1n) is 20.3. The van der Waals surface area contributed by atoms with E-state index in [9.17, 15) is 0 Å². The van der Waals surface area contributed by atoms with E-state index in [2.05, 4.69) is 119 Å². The van der Waals surface area contributed by atoms with E-state index in [1.165, 1.54) is 157 Å². The average Bonchev–Trinajstić information content (AvgIpc) is 3.13. The fraction of sp³-hybridized carbons (Fsp3) is 0.600. The van der Waals surface area contributed by atoms with Gasteiger partial charge in [0.05, 0.1) is 20.1 Å². The Labute approximate surface area is 321 Å². The van der Waals surface area contributed by atoms with Crippen LogP contribution in [0.15, 0.2) is 91.0 Å². The molecule has 0 radical (unpaired) electrons. The number of unbranched alkanes of at least 4 members (excludes halogenated alkanes) is 18. The summed E-state index contributed by atoms with van der Waals surface area (Å²) in [4.78, 5) is 0. The predicted molar refractivity (Wildman–Crippen MR) is 214 cm³/mol. The summed E-state index contributed by atoms with van der Waals surface area (Å²) in [5, 5.41) is 4.00. The van der Waals surface area contributed by atoms with Crippen molar-refractivity contribution >= 4 is 23.9 Å². The van der Waals surface area contributed by atoms with Gasteiger partial charge in [-0.2, -0.15) is 0 Å². The second-order valence-electron chi connectivity index (χ2n) is 14.8. The van der Waals surface area contributed by atoms with E-state index in [1.54, 1.807) is 0 Å². The summed E-state index contributed by atoms with van der Waals surface area (Å²) in [6, 6.07) is 33.5. The molecule has 0 N–H and O–H groups in total. The molecule has 49 heavy (non-hydrogen) atoms. The van der Waals surface area contributed by atoms with E-state index >= 15 is 0 Å².